The molecule has 2 rings (SSSR count). The summed E-state index contributed by atoms with van der Waals surface area (Å²) in [5.74, 6) is 0.444. The van der Waals surface area contributed by atoms with Gasteiger partial charge in [0.1, 0.15) is 0 Å². The molecule has 1 aliphatic heterocycles. The molecule has 112 valence electrons. The zero-order chi connectivity index (χ0) is 14.6. The molecule has 1 N–H and O–H groups in total. The molecule has 0 spiro atoms. The first-order valence-electron chi connectivity index (χ1n) is 6.97. The van der Waals surface area contributed by atoms with Crippen LogP contribution in [0.2, 0.25) is 0 Å². The zero-order valence-corrected chi connectivity index (χ0v) is 11.7. The third-order valence-electron chi connectivity index (χ3n) is 3.78. The number of likely N-dealkylation sites (tertiary alicyclic amines) is 1. The molecule has 2 unspecified atom stereocenters. The Bertz CT molecular complexity index is 405. The van der Waals surface area contributed by atoms with E-state index >= 15 is 0 Å². The first-order valence-corrected chi connectivity index (χ1v) is 6.97. The molecule has 1 saturated heterocycles. The summed E-state index contributed by atoms with van der Waals surface area (Å²) in [6.45, 7) is 2.63. The summed E-state index contributed by atoms with van der Waals surface area (Å²) < 4.78 is 38.1. The van der Waals surface area contributed by atoms with E-state index in [4.69, 9.17) is 0 Å². The number of hydrogen-bond acceptors (Lipinski definition) is 2. The van der Waals surface area contributed by atoms with Gasteiger partial charge in [0.05, 0.1) is 6.42 Å². The molecule has 0 radical (unpaired) electrons. The van der Waals surface area contributed by atoms with Crippen LogP contribution in [0.25, 0.3) is 0 Å². The molecule has 1 heterocycles. The Morgan fingerprint density at radius 2 is 2.00 bits per heavy atom. The first-order chi connectivity index (χ1) is 9.44. The normalized spacial score (nSPS) is 22.1. The van der Waals surface area contributed by atoms with Crippen LogP contribution in [0.5, 0.6) is 0 Å². The maximum absolute atomic E-state index is 12.7. The average Bonchev–Trinajstić information content (AvgIpc) is 2.80. The fraction of sp³-hybridized carbons (Fsp3) is 0.600. The quantitative estimate of drug-likeness (QED) is 0.894. The summed E-state index contributed by atoms with van der Waals surface area (Å²) in [5, 5.41) is 3.11. The summed E-state index contributed by atoms with van der Waals surface area (Å²) in [5.41, 5.74) is 0.705. The Hall–Kier alpha value is -1.07. The number of hydrogen-bond donors (Lipinski definition) is 1. The van der Waals surface area contributed by atoms with Crippen LogP contribution in [0.1, 0.15) is 24.4 Å². The Kier molecular flexibility index (Phi) is 5.05. The number of nitrogens with one attached hydrogen (secondary N) is 1. The topological polar surface area (TPSA) is 15.3 Å². The van der Waals surface area contributed by atoms with Crippen molar-refractivity contribution in [2.24, 2.45) is 5.92 Å². The van der Waals surface area contributed by atoms with Gasteiger partial charge >= 0.3 is 6.18 Å². The summed E-state index contributed by atoms with van der Waals surface area (Å²) in [7, 11) is 2.05. The Balaban J connectivity index is 1.96. The van der Waals surface area contributed by atoms with E-state index in [0.717, 1.165) is 19.5 Å². The number of halogens is 3. The minimum Gasteiger partial charge on any atom is -0.309 e. The fourth-order valence-electron chi connectivity index (χ4n) is 2.73. The highest BCUT2D eigenvalue weighted by Gasteiger charge is 2.33. The molecule has 0 aromatic heterocycles. The van der Waals surface area contributed by atoms with Crippen molar-refractivity contribution in [3.63, 3.8) is 0 Å². The Labute approximate surface area is 118 Å². The van der Waals surface area contributed by atoms with Crippen LogP contribution in [0.15, 0.2) is 30.3 Å². The molecule has 20 heavy (non-hydrogen) atoms. The van der Waals surface area contributed by atoms with Gasteiger partial charge in [-0.2, -0.15) is 13.2 Å². The van der Waals surface area contributed by atoms with Crippen molar-refractivity contribution in [3.05, 3.63) is 35.9 Å². The highest BCUT2D eigenvalue weighted by Crippen LogP contribution is 2.29. The SMILES string of the molecule is CN1CCC(CNC(CC(F)(F)F)c2ccccc2)C1. The largest absolute Gasteiger partial charge is 0.390 e. The van der Waals surface area contributed by atoms with Gasteiger partial charge in [-0.3, -0.25) is 0 Å². The molecule has 0 amide bonds. The number of rotatable bonds is 5. The molecule has 2 atom stereocenters. The highest BCUT2D eigenvalue weighted by molar-refractivity contribution is 5.19. The molecule has 5 heteroatoms. The van der Waals surface area contributed by atoms with Crippen LogP contribution < -0.4 is 5.32 Å². The lowest BCUT2D eigenvalue weighted by molar-refractivity contribution is -0.140. The first kappa shape index (κ1) is 15.3. The molecule has 1 aromatic rings. The lowest BCUT2D eigenvalue weighted by Crippen LogP contribution is -2.31. The van der Waals surface area contributed by atoms with Gasteiger partial charge in [-0.15, -0.1) is 0 Å². The van der Waals surface area contributed by atoms with Crippen molar-refractivity contribution in [2.75, 3.05) is 26.7 Å². The van der Waals surface area contributed by atoms with Gasteiger partial charge in [-0.1, -0.05) is 30.3 Å². The fourth-order valence-corrected chi connectivity index (χ4v) is 2.73. The van der Waals surface area contributed by atoms with E-state index in [9.17, 15) is 13.2 Å². The number of alkyl halides is 3. The predicted molar refractivity (Wildman–Crippen MR) is 73.5 cm³/mol. The van der Waals surface area contributed by atoms with E-state index in [0.29, 0.717) is 18.0 Å². The molecule has 1 aromatic carbocycles. The summed E-state index contributed by atoms with van der Waals surface area (Å²) in [6.07, 6.45) is -3.92. The van der Waals surface area contributed by atoms with Gasteiger partial charge in [0.2, 0.25) is 0 Å². The third kappa shape index (κ3) is 4.80. The van der Waals surface area contributed by atoms with Crippen molar-refractivity contribution in [2.45, 2.75) is 25.1 Å². The van der Waals surface area contributed by atoms with E-state index in [2.05, 4.69) is 10.2 Å². The summed E-state index contributed by atoms with van der Waals surface area (Å²) in [4.78, 5) is 2.22. The standard InChI is InChI=1S/C15H21F3N2/c1-20-8-7-12(11-20)10-19-14(9-15(16,17)18)13-5-3-2-4-6-13/h2-6,12,14,19H,7-11H2,1H3. The van der Waals surface area contributed by atoms with Gasteiger partial charge in [0.25, 0.3) is 0 Å². The predicted octanol–water partition coefficient (Wildman–Crippen LogP) is 3.22. The Morgan fingerprint density at radius 3 is 2.55 bits per heavy atom. The molecule has 0 aliphatic carbocycles. The van der Waals surface area contributed by atoms with Crippen molar-refractivity contribution >= 4 is 0 Å². The van der Waals surface area contributed by atoms with Gasteiger partial charge in [0, 0.05) is 12.6 Å². The van der Waals surface area contributed by atoms with E-state index in [1.807, 2.05) is 13.1 Å². The Morgan fingerprint density at radius 1 is 1.30 bits per heavy atom. The van der Waals surface area contributed by atoms with E-state index in [1.54, 1.807) is 24.3 Å². The van der Waals surface area contributed by atoms with Crippen LogP contribution in [-0.4, -0.2) is 37.8 Å². The molecule has 1 fully saturated rings. The average molecular weight is 286 g/mol. The summed E-state index contributed by atoms with van der Waals surface area (Å²) >= 11 is 0. The second kappa shape index (κ2) is 6.59. The minimum atomic E-state index is -4.15. The zero-order valence-electron chi connectivity index (χ0n) is 11.7. The van der Waals surface area contributed by atoms with Crippen molar-refractivity contribution in [1.29, 1.82) is 0 Å². The van der Waals surface area contributed by atoms with Crippen LogP contribution in [-0.2, 0) is 0 Å². The maximum Gasteiger partial charge on any atom is 0.390 e. The van der Waals surface area contributed by atoms with E-state index in [1.165, 1.54) is 0 Å². The monoisotopic (exact) mass is 286 g/mol. The molecule has 0 bridgehead atoms. The van der Waals surface area contributed by atoms with Crippen LogP contribution in [0, 0.1) is 5.92 Å². The molecular weight excluding hydrogens is 265 g/mol. The van der Waals surface area contributed by atoms with Crippen molar-refractivity contribution in [1.82, 2.24) is 10.2 Å². The van der Waals surface area contributed by atoms with E-state index < -0.39 is 18.6 Å². The van der Waals surface area contributed by atoms with Crippen LogP contribution in [0.3, 0.4) is 0 Å². The van der Waals surface area contributed by atoms with Gasteiger partial charge in [0.15, 0.2) is 0 Å². The molecule has 1 aliphatic rings. The number of nitrogens with zero attached hydrogens (tertiary/aromatic N) is 1. The molecular formula is C15H21F3N2. The van der Waals surface area contributed by atoms with Crippen molar-refractivity contribution < 1.29 is 13.2 Å². The smallest absolute Gasteiger partial charge is 0.309 e. The minimum absolute atomic E-state index is 0.444. The summed E-state index contributed by atoms with van der Waals surface area (Å²) in [6, 6.07) is 8.24. The third-order valence-corrected chi connectivity index (χ3v) is 3.78. The second-order valence-corrected chi connectivity index (χ2v) is 5.61. The number of benzene rings is 1. The maximum atomic E-state index is 12.7. The van der Waals surface area contributed by atoms with Crippen molar-refractivity contribution in [3.8, 4) is 0 Å². The van der Waals surface area contributed by atoms with Gasteiger partial charge in [-0.25, -0.2) is 0 Å². The van der Waals surface area contributed by atoms with Crippen LogP contribution in [0.4, 0.5) is 13.2 Å². The van der Waals surface area contributed by atoms with Crippen LogP contribution >= 0.6 is 0 Å². The molecule has 2 nitrogen and oxygen atoms in total. The highest BCUT2D eigenvalue weighted by atomic mass is 19.4. The van der Waals surface area contributed by atoms with Gasteiger partial charge < -0.3 is 10.2 Å². The second-order valence-electron chi connectivity index (χ2n) is 5.61. The molecule has 0 saturated carbocycles. The van der Waals surface area contributed by atoms with E-state index in [-0.39, 0.29) is 0 Å². The lowest BCUT2D eigenvalue weighted by Gasteiger charge is -2.22. The van der Waals surface area contributed by atoms with Gasteiger partial charge in [-0.05, 0) is 38.0 Å². The lowest BCUT2D eigenvalue weighted by atomic mass is 10.0.